The van der Waals surface area contributed by atoms with Crippen LogP contribution in [0.25, 0.3) is 0 Å². The van der Waals surface area contributed by atoms with Gasteiger partial charge in [0.05, 0.1) is 12.7 Å². The molecule has 0 spiro atoms. The molecule has 0 unspecified atom stereocenters. The average Bonchev–Trinajstić information content (AvgIpc) is 2.67. The van der Waals surface area contributed by atoms with Gasteiger partial charge in [-0.15, -0.1) is 0 Å². The van der Waals surface area contributed by atoms with Gasteiger partial charge < -0.3 is 15.0 Å². The van der Waals surface area contributed by atoms with Gasteiger partial charge in [-0.05, 0) is 36.5 Å². The predicted octanol–water partition coefficient (Wildman–Crippen LogP) is 2.65. The van der Waals surface area contributed by atoms with Crippen molar-refractivity contribution in [3.05, 3.63) is 47.8 Å². The molecule has 0 saturated carbocycles. The molecule has 25 heavy (non-hydrogen) atoms. The summed E-state index contributed by atoms with van der Waals surface area (Å²) in [6.07, 6.45) is 5.52. The van der Waals surface area contributed by atoms with Gasteiger partial charge in [-0.3, -0.25) is 4.79 Å². The number of anilines is 1. The minimum Gasteiger partial charge on any atom is -0.497 e. The molecule has 1 aliphatic heterocycles. The number of piperidine rings is 1. The lowest BCUT2D eigenvalue weighted by atomic mass is 10.00. The molecule has 1 aliphatic rings. The van der Waals surface area contributed by atoms with Crippen molar-refractivity contribution in [2.45, 2.75) is 26.3 Å². The summed E-state index contributed by atoms with van der Waals surface area (Å²) < 4.78 is 5.12. The zero-order valence-electron chi connectivity index (χ0n) is 14.7. The lowest BCUT2D eigenvalue weighted by molar-refractivity contribution is 0.0950. The Morgan fingerprint density at radius 3 is 2.44 bits per heavy atom. The Bertz CT molecular complexity index is 692. The van der Waals surface area contributed by atoms with Crippen LogP contribution in [-0.4, -0.2) is 36.1 Å². The van der Waals surface area contributed by atoms with Crippen LogP contribution in [0.2, 0.25) is 0 Å². The van der Waals surface area contributed by atoms with Gasteiger partial charge in [-0.1, -0.05) is 19.1 Å². The quantitative estimate of drug-likeness (QED) is 0.906. The molecule has 2 heterocycles. The van der Waals surface area contributed by atoms with Crippen LogP contribution in [0, 0.1) is 5.92 Å². The molecule has 0 bridgehead atoms. The number of benzene rings is 1. The average molecular weight is 340 g/mol. The van der Waals surface area contributed by atoms with E-state index in [0.717, 1.165) is 43.2 Å². The zero-order valence-corrected chi connectivity index (χ0v) is 14.7. The molecule has 6 nitrogen and oxygen atoms in total. The van der Waals surface area contributed by atoms with E-state index in [2.05, 4.69) is 27.1 Å². The Morgan fingerprint density at radius 2 is 1.84 bits per heavy atom. The molecule has 0 aliphatic carbocycles. The maximum absolute atomic E-state index is 12.2. The first-order valence-corrected chi connectivity index (χ1v) is 8.64. The number of hydrogen-bond donors (Lipinski definition) is 1. The van der Waals surface area contributed by atoms with Crippen LogP contribution >= 0.6 is 0 Å². The number of carbonyl (C=O) groups excluding carboxylic acids is 1. The highest BCUT2D eigenvalue weighted by molar-refractivity contribution is 5.93. The van der Waals surface area contributed by atoms with Gasteiger partial charge in [0.1, 0.15) is 5.75 Å². The van der Waals surface area contributed by atoms with Crippen molar-refractivity contribution in [1.82, 2.24) is 15.3 Å². The highest BCUT2D eigenvalue weighted by Crippen LogP contribution is 2.19. The van der Waals surface area contributed by atoms with Crippen LogP contribution < -0.4 is 15.0 Å². The second-order valence-electron chi connectivity index (χ2n) is 6.47. The third kappa shape index (κ3) is 4.47. The molecule has 3 rings (SSSR count). The smallest absolute Gasteiger partial charge is 0.254 e. The Kier molecular flexibility index (Phi) is 5.48. The number of rotatable bonds is 5. The number of hydrogen-bond acceptors (Lipinski definition) is 5. The lowest BCUT2D eigenvalue weighted by Crippen LogP contribution is -2.34. The molecule has 1 saturated heterocycles. The highest BCUT2D eigenvalue weighted by atomic mass is 16.5. The summed E-state index contributed by atoms with van der Waals surface area (Å²) >= 11 is 0. The third-order valence-electron chi connectivity index (χ3n) is 4.58. The second kappa shape index (κ2) is 7.96. The molecular weight excluding hydrogens is 316 g/mol. The maximum atomic E-state index is 12.2. The fourth-order valence-electron chi connectivity index (χ4n) is 2.84. The summed E-state index contributed by atoms with van der Waals surface area (Å²) in [5.41, 5.74) is 1.48. The Morgan fingerprint density at radius 1 is 1.20 bits per heavy atom. The second-order valence-corrected chi connectivity index (χ2v) is 6.47. The van der Waals surface area contributed by atoms with E-state index in [1.807, 2.05) is 24.3 Å². The number of nitrogens with zero attached hydrogens (tertiary/aromatic N) is 3. The minimum absolute atomic E-state index is 0.172. The summed E-state index contributed by atoms with van der Waals surface area (Å²) in [6.45, 7) is 4.68. The van der Waals surface area contributed by atoms with Crippen LogP contribution in [0.5, 0.6) is 5.75 Å². The fraction of sp³-hybridized carbons (Fsp3) is 0.421. The van der Waals surface area contributed by atoms with Crippen molar-refractivity contribution in [3.63, 3.8) is 0 Å². The molecule has 2 aromatic rings. The first kappa shape index (κ1) is 17.2. The van der Waals surface area contributed by atoms with Crippen molar-refractivity contribution in [3.8, 4) is 5.75 Å². The first-order chi connectivity index (χ1) is 12.2. The molecule has 1 aromatic heterocycles. The van der Waals surface area contributed by atoms with Crippen LogP contribution in [0.4, 0.5) is 5.95 Å². The Labute approximate surface area is 148 Å². The number of aromatic nitrogens is 2. The summed E-state index contributed by atoms with van der Waals surface area (Å²) in [4.78, 5) is 23.1. The van der Waals surface area contributed by atoms with E-state index in [9.17, 15) is 4.79 Å². The molecule has 0 atom stereocenters. The van der Waals surface area contributed by atoms with E-state index in [4.69, 9.17) is 4.74 Å². The van der Waals surface area contributed by atoms with Gasteiger partial charge in [0.2, 0.25) is 5.95 Å². The molecule has 1 N–H and O–H groups in total. The monoisotopic (exact) mass is 340 g/mol. The number of carbonyl (C=O) groups is 1. The van der Waals surface area contributed by atoms with Crippen LogP contribution in [-0.2, 0) is 6.54 Å². The number of methoxy groups -OCH3 is 1. The number of nitrogens with one attached hydrogen (secondary N) is 1. The van der Waals surface area contributed by atoms with E-state index in [0.29, 0.717) is 18.1 Å². The standard InChI is InChI=1S/C19H24N4O2/c1-14-7-9-23(10-8-14)19-21-12-16(13-22-19)18(24)20-11-15-3-5-17(25-2)6-4-15/h3-6,12-14H,7-11H2,1-2H3,(H,20,24). The minimum atomic E-state index is -0.172. The molecular formula is C19H24N4O2. The van der Waals surface area contributed by atoms with Crippen molar-refractivity contribution >= 4 is 11.9 Å². The maximum Gasteiger partial charge on any atom is 0.254 e. The van der Waals surface area contributed by atoms with Gasteiger partial charge in [0, 0.05) is 32.0 Å². The van der Waals surface area contributed by atoms with Gasteiger partial charge >= 0.3 is 0 Å². The van der Waals surface area contributed by atoms with E-state index in [1.54, 1.807) is 19.5 Å². The van der Waals surface area contributed by atoms with E-state index < -0.39 is 0 Å². The van der Waals surface area contributed by atoms with E-state index in [-0.39, 0.29) is 5.91 Å². The Hall–Kier alpha value is -2.63. The topological polar surface area (TPSA) is 67.3 Å². The van der Waals surface area contributed by atoms with Crippen LogP contribution in [0.3, 0.4) is 0 Å². The van der Waals surface area contributed by atoms with Crippen molar-refractivity contribution in [1.29, 1.82) is 0 Å². The van der Waals surface area contributed by atoms with Crippen molar-refractivity contribution < 1.29 is 9.53 Å². The largest absolute Gasteiger partial charge is 0.497 e. The normalized spacial score (nSPS) is 15.0. The number of ether oxygens (including phenoxy) is 1. The SMILES string of the molecule is COc1ccc(CNC(=O)c2cnc(N3CCC(C)CC3)nc2)cc1. The zero-order chi connectivity index (χ0) is 17.6. The third-order valence-corrected chi connectivity index (χ3v) is 4.58. The van der Waals surface area contributed by atoms with E-state index in [1.165, 1.54) is 0 Å². The molecule has 132 valence electrons. The molecule has 1 fully saturated rings. The summed E-state index contributed by atoms with van der Waals surface area (Å²) in [6, 6.07) is 7.60. The fourth-order valence-corrected chi connectivity index (χ4v) is 2.84. The highest BCUT2D eigenvalue weighted by Gasteiger charge is 2.18. The molecule has 1 aromatic carbocycles. The summed E-state index contributed by atoms with van der Waals surface area (Å²) in [5, 5.41) is 2.88. The first-order valence-electron chi connectivity index (χ1n) is 8.64. The summed E-state index contributed by atoms with van der Waals surface area (Å²) in [5.74, 6) is 2.10. The Balaban J connectivity index is 1.55. The lowest BCUT2D eigenvalue weighted by Gasteiger charge is -2.30. The molecule has 0 radical (unpaired) electrons. The van der Waals surface area contributed by atoms with Gasteiger partial charge in [0.25, 0.3) is 5.91 Å². The van der Waals surface area contributed by atoms with Gasteiger partial charge in [-0.25, -0.2) is 9.97 Å². The van der Waals surface area contributed by atoms with Crippen LogP contribution in [0.1, 0.15) is 35.7 Å². The van der Waals surface area contributed by atoms with E-state index >= 15 is 0 Å². The molecule has 6 heteroatoms. The van der Waals surface area contributed by atoms with Gasteiger partial charge in [-0.2, -0.15) is 0 Å². The number of amides is 1. The molecule has 1 amide bonds. The van der Waals surface area contributed by atoms with Gasteiger partial charge in [0.15, 0.2) is 0 Å². The van der Waals surface area contributed by atoms with Crippen molar-refractivity contribution in [2.24, 2.45) is 5.92 Å². The van der Waals surface area contributed by atoms with Crippen LogP contribution in [0.15, 0.2) is 36.7 Å². The summed E-state index contributed by atoms with van der Waals surface area (Å²) in [7, 11) is 1.63. The van der Waals surface area contributed by atoms with Crippen molar-refractivity contribution in [2.75, 3.05) is 25.1 Å². The predicted molar refractivity (Wildman–Crippen MR) is 96.8 cm³/mol.